The second kappa shape index (κ2) is 6.43. The molecule has 0 aromatic heterocycles. The van der Waals surface area contributed by atoms with Crippen LogP contribution in [-0.2, 0) is 4.79 Å². The molecule has 0 bridgehead atoms. The molecule has 1 aliphatic rings. The lowest BCUT2D eigenvalue weighted by Gasteiger charge is -2.29. The van der Waals surface area contributed by atoms with Crippen molar-refractivity contribution in [2.24, 2.45) is 5.92 Å². The fourth-order valence-corrected chi connectivity index (χ4v) is 2.44. The Kier molecular flexibility index (Phi) is 4.62. The molecule has 0 radical (unpaired) electrons. The zero-order chi connectivity index (χ0) is 12.8. The first-order valence-electron chi connectivity index (χ1n) is 6.73. The summed E-state index contributed by atoms with van der Waals surface area (Å²) in [5.41, 5.74) is 0. The predicted octanol–water partition coefficient (Wildman–Crippen LogP) is 2.76. The van der Waals surface area contributed by atoms with E-state index in [4.69, 9.17) is 4.74 Å². The Hall–Kier alpha value is -1.51. The third kappa shape index (κ3) is 3.76. The summed E-state index contributed by atoms with van der Waals surface area (Å²) in [6.07, 6.45) is 4.81. The van der Waals surface area contributed by atoms with Crippen molar-refractivity contribution in [1.82, 2.24) is 5.32 Å². The van der Waals surface area contributed by atoms with Gasteiger partial charge in [0.15, 0.2) is 6.61 Å². The Morgan fingerprint density at radius 1 is 1.28 bits per heavy atom. The van der Waals surface area contributed by atoms with E-state index >= 15 is 0 Å². The van der Waals surface area contributed by atoms with Gasteiger partial charge in [-0.25, -0.2) is 0 Å². The fourth-order valence-electron chi connectivity index (χ4n) is 2.44. The quantitative estimate of drug-likeness (QED) is 0.888. The predicted molar refractivity (Wildman–Crippen MR) is 71.5 cm³/mol. The first-order chi connectivity index (χ1) is 8.75. The Morgan fingerprint density at radius 3 is 2.72 bits per heavy atom. The van der Waals surface area contributed by atoms with Crippen LogP contribution in [0.4, 0.5) is 0 Å². The number of amides is 1. The number of hydrogen-bond donors (Lipinski definition) is 1. The maximum atomic E-state index is 11.8. The lowest BCUT2D eigenvalue weighted by Crippen LogP contribution is -2.43. The van der Waals surface area contributed by atoms with Crippen LogP contribution in [0.15, 0.2) is 30.3 Å². The van der Waals surface area contributed by atoms with E-state index in [-0.39, 0.29) is 12.5 Å². The maximum Gasteiger partial charge on any atom is 0.258 e. The third-order valence-electron chi connectivity index (χ3n) is 3.57. The fraction of sp³-hybridized carbons (Fsp3) is 0.533. The number of carbonyl (C=O) groups excluding carboxylic acids is 1. The lowest BCUT2D eigenvalue weighted by molar-refractivity contribution is -0.124. The molecule has 2 atom stereocenters. The summed E-state index contributed by atoms with van der Waals surface area (Å²) in [6.45, 7) is 2.31. The summed E-state index contributed by atoms with van der Waals surface area (Å²) < 4.78 is 5.43. The van der Waals surface area contributed by atoms with Gasteiger partial charge in [0.1, 0.15) is 5.75 Å². The monoisotopic (exact) mass is 247 g/mol. The van der Waals surface area contributed by atoms with E-state index in [1.807, 2.05) is 30.3 Å². The molecular formula is C15H21NO2. The molecule has 0 heterocycles. The summed E-state index contributed by atoms with van der Waals surface area (Å²) in [7, 11) is 0. The molecule has 1 saturated carbocycles. The van der Waals surface area contributed by atoms with Crippen LogP contribution in [-0.4, -0.2) is 18.6 Å². The summed E-state index contributed by atoms with van der Waals surface area (Å²) in [5.74, 6) is 1.31. The van der Waals surface area contributed by atoms with Gasteiger partial charge in [0.05, 0.1) is 0 Å². The van der Waals surface area contributed by atoms with Crippen molar-refractivity contribution in [2.45, 2.75) is 38.6 Å². The Labute approximate surface area is 109 Å². The number of nitrogens with one attached hydrogen (secondary N) is 1. The second-order valence-corrected chi connectivity index (χ2v) is 5.04. The highest BCUT2D eigenvalue weighted by Crippen LogP contribution is 2.23. The van der Waals surface area contributed by atoms with Crippen LogP contribution in [0.3, 0.4) is 0 Å². The summed E-state index contributed by atoms with van der Waals surface area (Å²) in [6, 6.07) is 9.77. The Balaban J connectivity index is 1.75. The van der Waals surface area contributed by atoms with Gasteiger partial charge in [-0.05, 0) is 30.9 Å². The molecule has 98 valence electrons. The van der Waals surface area contributed by atoms with Gasteiger partial charge in [-0.1, -0.05) is 38.0 Å². The van der Waals surface area contributed by atoms with Crippen LogP contribution in [0.5, 0.6) is 5.75 Å². The molecule has 0 aliphatic heterocycles. The molecule has 0 unspecified atom stereocenters. The van der Waals surface area contributed by atoms with E-state index < -0.39 is 0 Å². The standard InChI is InChI=1S/C15H21NO2/c1-12-7-5-6-10-14(12)16-15(17)11-18-13-8-3-2-4-9-13/h2-4,8-9,12,14H,5-7,10-11H2,1H3,(H,16,17)/t12-,14+/m0/s1. The van der Waals surface area contributed by atoms with Crippen molar-refractivity contribution in [2.75, 3.05) is 6.61 Å². The molecule has 0 spiro atoms. The number of para-hydroxylation sites is 1. The molecule has 1 N–H and O–H groups in total. The van der Waals surface area contributed by atoms with Crippen molar-refractivity contribution in [3.05, 3.63) is 30.3 Å². The number of benzene rings is 1. The highest BCUT2D eigenvalue weighted by molar-refractivity contribution is 5.77. The Morgan fingerprint density at radius 2 is 2.00 bits per heavy atom. The number of rotatable bonds is 4. The summed E-state index contributed by atoms with van der Waals surface area (Å²) in [5, 5.41) is 3.07. The van der Waals surface area contributed by atoms with Crippen LogP contribution in [0.2, 0.25) is 0 Å². The zero-order valence-electron chi connectivity index (χ0n) is 10.9. The molecule has 1 fully saturated rings. The SMILES string of the molecule is C[C@H]1CCCC[C@H]1NC(=O)COc1ccccc1. The third-order valence-corrected chi connectivity index (χ3v) is 3.57. The summed E-state index contributed by atoms with van der Waals surface area (Å²) in [4.78, 5) is 11.8. The maximum absolute atomic E-state index is 11.8. The summed E-state index contributed by atoms with van der Waals surface area (Å²) >= 11 is 0. The minimum Gasteiger partial charge on any atom is -0.484 e. The van der Waals surface area contributed by atoms with Gasteiger partial charge < -0.3 is 10.1 Å². The molecule has 1 aromatic carbocycles. The molecule has 3 heteroatoms. The topological polar surface area (TPSA) is 38.3 Å². The first-order valence-corrected chi connectivity index (χ1v) is 6.73. The largest absolute Gasteiger partial charge is 0.484 e. The van der Waals surface area contributed by atoms with Gasteiger partial charge in [0.2, 0.25) is 0 Å². The normalized spacial score (nSPS) is 23.4. The van der Waals surface area contributed by atoms with E-state index in [1.165, 1.54) is 19.3 Å². The number of carbonyl (C=O) groups is 1. The van der Waals surface area contributed by atoms with Crippen LogP contribution in [0.25, 0.3) is 0 Å². The van der Waals surface area contributed by atoms with Crippen LogP contribution < -0.4 is 10.1 Å². The van der Waals surface area contributed by atoms with E-state index in [0.717, 1.165) is 12.2 Å². The molecule has 2 rings (SSSR count). The van der Waals surface area contributed by atoms with Gasteiger partial charge in [0.25, 0.3) is 5.91 Å². The van der Waals surface area contributed by atoms with Crippen LogP contribution in [0, 0.1) is 5.92 Å². The smallest absolute Gasteiger partial charge is 0.258 e. The molecule has 1 aliphatic carbocycles. The molecule has 3 nitrogen and oxygen atoms in total. The number of ether oxygens (including phenoxy) is 1. The number of hydrogen-bond acceptors (Lipinski definition) is 2. The Bertz CT molecular complexity index is 377. The molecule has 0 saturated heterocycles. The minimum absolute atomic E-state index is 0.0161. The van der Waals surface area contributed by atoms with E-state index in [9.17, 15) is 4.79 Å². The molecular weight excluding hydrogens is 226 g/mol. The van der Waals surface area contributed by atoms with Crippen molar-refractivity contribution in [1.29, 1.82) is 0 Å². The minimum atomic E-state index is -0.0161. The van der Waals surface area contributed by atoms with Crippen molar-refractivity contribution >= 4 is 5.91 Å². The zero-order valence-corrected chi connectivity index (χ0v) is 10.9. The van der Waals surface area contributed by atoms with Crippen LogP contribution in [0.1, 0.15) is 32.6 Å². The van der Waals surface area contributed by atoms with E-state index in [1.54, 1.807) is 0 Å². The van der Waals surface area contributed by atoms with E-state index in [0.29, 0.717) is 12.0 Å². The van der Waals surface area contributed by atoms with Gasteiger partial charge in [-0.3, -0.25) is 4.79 Å². The van der Waals surface area contributed by atoms with Gasteiger partial charge >= 0.3 is 0 Å². The molecule has 1 aromatic rings. The average molecular weight is 247 g/mol. The van der Waals surface area contributed by atoms with Gasteiger partial charge in [0, 0.05) is 6.04 Å². The van der Waals surface area contributed by atoms with E-state index in [2.05, 4.69) is 12.2 Å². The first kappa shape index (κ1) is 12.9. The molecule has 1 amide bonds. The van der Waals surface area contributed by atoms with Crippen molar-refractivity contribution in [3.63, 3.8) is 0 Å². The average Bonchev–Trinajstić information content (AvgIpc) is 2.40. The highest BCUT2D eigenvalue weighted by atomic mass is 16.5. The highest BCUT2D eigenvalue weighted by Gasteiger charge is 2.22. The second-order valence-electron chi connectivity index (χ2n) is 5.04. The lowest BCUT2D eigenvalue weighted by atomic mass is 9.86. The van der Waals surface area contributed by atoms with Crippen LogP contribution >= 0.6 is 0 Å². The van der Waals surface area contributed by atoms with Gasteiger partial charge in [-0.15, -0.1) is 0 Å². The molecule has 18 heavy (non-hydrogen) atoms. The van der Waals surface area contributed by atoms with Crippen molar-refractivity contribution < 1.29 is 9.53 Å². The van der Waals surface area contributed by atoms with Gasteiger partial charge in [-0.2, -0.15) is 0 Å². The van der Waals surface area contributed by atoms with Crippen molar-refractivity contribution in [3.8, 4) is 5.75 Å².